The average Bonchev–Trinajstić information content (AvgIpc) is 2.94. The maximum Gasteiger partial charge on any atom is 0.304 e. The van der Waals surface area contributed by atoms with E-state index in [2.05, 4.69) is 5.32 Å². The molecule has 0 radical (unpaired) electrons. The van der Waals surface area contributed by atoms with Crippen LogP contribution in [0.2, 0.25) is 0 Å². The highest BCUT2D eigenvalue weighted by Gasteiger charge is 2.34. The second-order valence-electron chi connectivity index (χ2n) is 9.78. The predicted molar refractivity (Wildman–Crippen MR) is 155 cm³/mol. The topological polar surface area (TPSA) is 90.0 Å². The minimum atomic E-state index is -4.13. The molecule has 3 aromatic rings. The van der Waals surface area contributed by atoms with Gasteiger partial charge < -0.3 is 10.2 Å². The summed E-state index contributed by atoms with van der Waals surface area (Å²) in [6.07, 6.45) is 0.958. The molecule has 0 fully saturated rings. The van der Waals surface area contributed by atoms with Crippen LogP contribution in [0.5, 0.6) is 0 Å². The van der Waals surface area contributed by atoms with E-state index >= 15 is 0 Å². The zero-order valence-electron chi connectivity index (χ0n) is 23.4. The van der Waals surface area contributed by atoms with Gasteiger partial charge in [-0.25, -0.2) is 8.70 Å². The van der Waals surface area contributed by atoms with Crippen LogP contribution in [0, 0.1) is 12.7 Å². The largest absolute Gasteiger partial charge is 0.354 e. The molecule has 0 aromatic heterocycles. The fraction of sp³-hybridized carbons (Fsp3) is 0.333. The normalized spacial score (nSPS) is 12.2. The first-order valence-corrected chi connectivity index (χ1v) is 14.5. The first kappa shape index (κ1) is 30.8. The lowest BCUT2D eigenvalue weighted by molar-refractivity contribution is -0.140. The highest BCUT2D eigenvalue weighted by molar-refractivity contribution is 7.90. The van der Waals surface area contributed by atoms with Gasteiger partial charge in [0.15, 0.2) is 0 Å². The maximum atomic E-state index is 14.1. The Hall–Kier alpha value is -3.76. The first-order chi connectivity index (χ1) is 19.0. The Balaban J connectivity index is 2.06. The smallest absolute Gasteiger partial charge is 0.304 e. The molecule has 40 heavy (non-hydrogen) atoms. The second-order valence-corrected chi connectivity index (χ2v) is 11.8. The van der Waals surface area contributed by atoms with Gasteiger partial charge in [0.05, 0.1) is 5.69 Å². The lowest BCUT2D eigenvalue weighted by Crippen LogP contribution is -2.54. The molecule has 3 rings (SSSR count). The summed E-state index contributed by atoms with van der Waals surface area (Å²) in [4.78, 5) is 29.0. The molecule has 1 unspecified atom stereocenters. The summed E-state index contributed by atoms with van der Waals surface area (Å²) >= 11 is 0. The minimum absolute atomic E-state index is 0.0927. The van der Waals surface area contributed by atoms with Crippen molar-refractivity contribution in [3.63, 3.8) is 0 Å². The van der Waals surface area contributed by atoms with Crippen LogP contribution in [-0.2, 0) is 32.8 Å². The third kappa shape index (κ3) is 8.12. The molecule has 0 aliphatic rings. The van der Waals surface area contributed by atoms with Crippen LogP contribution in [0.4, 0.5) is 10.1 Å². The van der Waals surface area contributed by atoms with E-state index in [1.54, 1.807) is 0 Å². The van der Waals surface area contributed by atoms with Crippen molar-refractivity contribution < 1.29 is 22.4 Å². The van der Waals surface area contributed by atoms with Crippen LogP contribution < -0.4 is 9.62 Å². The van der Waals surface area contributed by atoms with Crippen LogP contribution in [0.25, 0.3) is 0 Å². The summed E-state index contributed by atoms with van der Waals surface area (Å²) in [7, 11) is -1.42. The third-order valence-corrected chi connectivity index (χ3v) is 8.25. The minimum Gasteiger partial charge on any atom is -0.354 e. The van der Waals surface area contributed by atoms with Gasteiger partial charge >= 0.3 is 10.2 Å². The molecule has 10 heteroatoms. The van der Waals surface area contributed by atoms with Crippen molar-refractivity contribution in [2.24, 2.45) is 0 Å². The third-order valence-electron chi connectivity index (χ3n) is 6.43. The molecule has 1 atom stereocenters. The number of rotatable bonds is 13. The van der Waals surface area contributed by atoms with E-state index < -0.39 is 34.5 Å². The number of carbonyl (C=O) groups is 2. The number of carbonyl (C=O) groups excluding carboxylic acids is 2. The number of hydrogen-bond donors (Lipinski definition) is 1. The Labute approximate surface area is 236 Å². The summed E-state index contributed by atoms with van der Waals surface area (Å²) < 4.78 is 42.2. The van der Waals surface area contributed by atoms with Crippen molar-refractivity contribution in [3.05, 3.63) is 101 Å². The summed E-state index contributed by atoms with van der Waals surface area (Å²) in [6, 6.07) is 21.0. The van der Waals surface area contributed by atoms with Crippen LogP contribution >= 0.6 is 0 Å². The van der Waals surface area contributed by atoms with Crippen LogP contribution in [-0.4, -0.2) is 62.7 Å². The van der Waals surface area contributed by atoms with Crippen LogP contribution in [0.3, 0.4) is 0 Å². The van der Waals surface area contributed by atoms with Crippen molar-refractivity contribution in [1.29, 1.82) is 0 Å². The zero-order valence-corrected chi connectivity index (χ0v) is 24.2. The number of nitrogens with one attached hydrogen (secondary N) is 1. The van der Waals surface area contributed by atoms with Gasteiger partial charge in [-0.3, -0.25) is 9.59 Å². The van der Waals surface area contributed by atoms with Gasteiger partial charge in [-0.1, -0.05) is 67.1 Å². The molecular formula is C30H37FN4O4S. The van der Waals surface area contributed by atoms with Gasteiger partial charge in [-0.05, 0) is 48.7 Å². The van der Waals surface area contributed by atoms with Crippen molar-refractivity contribution in [2.75, 3.05) is 31.5 Å². The van der Waals surface area contributed by atoms with E-state index in [1.807, 2.05) is 68.4 Å². The molecule has 3 aromatic carbocycles. The zero-order chi connectivity index (χ0) is 29.3. The summed E-state index contributed by atoms with van der Waals surface area (Å²) in [6.45, 7) is 3.84. The molecule has 0 aliphatic heterocycles. The molecule has 1 N–H and O–H groups in total. The quantitative estimate of drug-likeness (QED) is 0.339. The SMILES string of the molecule is CCCNC(=O)C(Cc1ccccc1)N(Cc1ccc(C)cc1)C(=O)CN(c1ccc(F)cc1)S(=O)(=O)N(C)C. The van der Waals surface area contributed by atoms with Gasteiger partial charge in [-0.2, -0.15) is 12.7 Å². The number of nitrogens with zero attached hydrogens (tertiary/aromatic N) is 3. The lowest BCUT2D eigenvalue weighted by Gasteiger charge is -2.34. The number of benzene rings is 3. The number of amides is 2. The molecular weight excluding hydrogens is 531 g/mol. The molecule has 0 bridgehead atoms. The number of halogens is 1. The molecule has 0 saturated carbocycles. The van der Waals surface area contributed by atoms with Crippen molar-refractivity contribution in [3.8, 4) is 0 Å². The van der Waals surface area contributed by atoms with Crippen molar-refractivity contribution in [1.82, 2.24) is 14.5 Å². The van der Waals surface area contributed by atoms with Gasteiger partial charge in [0.1, 0.15) is 18.4 Å². The Morgan fingerprint density at radius 1 is 0.900 bits per heavy atom. The Morgan fingerprint density at radius 2 is 1.52 bits per heavy atom. The van der Waals surface area contributed by atoms with E-state index in [-0.39, 0.29) is 24.6 Å². The highest BCUT2D eigenvalue weighted by atomic mass is 32.2. The highest BCUT2D eigenvalue weighted by Crippen LogP contribution is 2.22. The first-order valence-electron chi connectivity index (χ1n) is 13.1. The molecule has 0 aliphatic carbocycles. The van der Waals surface area contributed by atoms with E-state index in [9.17, 15) is 22.4 Å². The Bertz CT molecular complexity index is 1370. The van der Waals surface area contributed by atoms with Crippen molar-refractivity contribution >= 4 is 27.7 Å². The summed E-state index contributed by atoms with van der Waals surface area (Å²) in [5.74, 6) is -1.42. The predicted octanol–water partition coefficient (Wildman–Crippen LogP) is 3.91. The molecule has 0 heterocycles. The maximum absolute atomic E-state index is 14.1. The fourth-order valence-corrected chi connectivity index (χ4v) is 5.19. The van der Waals surface area contributed by atoms with Gasteiger partial charge in [-0.15, -0.1) is 0 Å². The Kier molecular flexibility index (Phi) is 10.8. The van der Waals surface area contributed by atoms with Gasteiger partial charge in [0.2, 0.25) is 11.8 Å². The average molecular weight is 569 g/mol. The van der Waals surface area contributed by atoms with E-state index in [0.29, 0.717) is 6.54 Å². The molecule has 0 spiro atoms. The van der Waals surface area contributed by atoms with E-state index in [1.165, 1.54) is 31.1 Å². The van der Waals surface area contributed by atoms with Gasteiger partial charge in [0.25, 0.3) is 0 Å². The molecule has 214 valence electrons. The van der Waals surface area contributed by atoms with E-state index in [0.717, 1.165) is 43.9 Å². The monoisotopic (exact) mass is 568 g/mol. The second kappa shape index (κ2) is 14.0. The Morgan fingerprint density at radius 3 is 2.10 bits per heavy atom. The number of aryl methyl sites for hydroxylation is 1. The molecule has 0 saturated heterocycles. The van der Waals surface area contributed by atoms with Crippen LogP contribution in [0.15, 0.2) is 78.9 Å². The number of hydrogen-bond acceptors (Lipinski definition) is 4. The standard InChI is InChI=1S/C30H37FN4O4S/c1-5-19-32-30(37)28(20-24-9-7-6-8-10-24)34(21-25-13-11-23(2)12-14-25)29(36)22-35(40(38,39)33(3)4)27-17-15-26(31)16-18-27/h6-18,28H,5,19-22H2,1-4H3,(H,32,37). The van der Waals surface area contributed by atoms with Crippen LogP contribution in [0.1, 0.15) is 30.0 Å². The molecule has 2 amide bonds. The van der Waals surface area contributed by atoms with E-state index in [4.69, 9.17) is 0 Å². The lowest BCUT2D eigenvalue weighted by atomic mass is 10.0. The summed E-state index contributed by atoms with van der Waals surface area (Å²) in [5.41, 5.74) is 2.83. The number of anilines is 1. The van der Waals surface area contributed by atoms with Crippen molar-refractivity contribution in [2.45, 2.75) is 39.3 Å². The molecule has 8 nitrogen and oxygen atoms in total. The fourth-order valence-electron chi connectivity index (χ4n) is 4.13. The van der Waals surface area contributed by atoms with Gasteiger partial charge in [0, 0.05) is 33.6 Å². The summed E-state index contributed by atoms with van der Waals surface area (Å²) in [5, 5.41) is 2.91.